The third-order valence-electron chi connectivity index (χ3n) is 10.8. The van der Waals surface area contributed by atoms with E-state index in [2.05, 4.69) is 15.6 Å². The Hall–Kier alpha value is -4.73. The minimum atomic E-state index is -4.76. The number of nitrogens with zero attached hydrogens (tertiary/aromatic N) is 3. The Bertz CT molecular complexity index is 1960. The first-order valence-corrected chi connectivity index (χ1v) is 19.2. The van der Waals surface area contributed by atoms with Crippen molar-refractivity contribution < 1.29 is 41.8 Å². The normalized spacial score (nSPS) is 18.8. The number of halogens is 4. The van der Waals surface area contributed by atoms with Crippen LogP contribution in [0.25, 0.3) is 11.0 Å². The lowest BCUT2D eigenvalue weighted by Gasteiger charge is -2.39. The van der Waals surface area contributed by atoms with Gasteiger partial charge in [-0.1, -0.05) is 44.2 Å². The first kappa shape index (κ1) is 42.4. The lowest BCUT2D eigenvalue weighted by atomic mass is 9.84. The standard InChI is InChI=1S/C40H52F4N6O6/c1-39(2,56)22-25-10-13-33-31(19-25)47-38(55)50(33)17-15-34(51)45-30-14-16-49(35(52)20-26-11-12-27(21-29(26)41)40(42,43)44)23-28(30)36(53)46-32(37(54)48(3)4)18-24-8-6-5-7-9-24/h10-13,19,21,24,28,30,32,56H,5-9,14-18,20,22-23H2,1-4H3,(H,45,51)(H,46,53)(H,47,55)/t28-,30+,32-/m1/s1. The van der Waals surface area contributed by atoms with E-state index in [0.29, 0.717) is 36.0 Å². The first-order chi connectivity index (χ1) is 26.3. The van der Waals surface area contributed by atoms with Gasteiger partial charge < -0.3 is 30.5 Å². The molecule has 306 valence electrons. The van der Waals surface area contributed by atoms with Crippen LogP contribution in [0.3, 0.4) is 0 Å². The maximum absolute atomic E-state index is 14.7. The van der Waals surface area contributed by atoms with Crippen molar-refractivity contribution in [2.75, 3.05) is 27.2 Å². The molecule has 56 heavy (non-hydrogen) atoms. The van der Waals surface area contributed by atoms with Crippen LogP contribution in [0.15, 0.2) is 41.2 Å². The summed E-state index contributed by atoms with van der Waals surface area (Å²) >= 11 is 0. The second-order valence-electron chi connectivity index (χ2n) is 16.1. The summed E-state index contributed by atoms with van der Waals surface area (Å²) in [5, 5.41) is 16.0. The topological polar surface area (TPSA) is 157 Å². The number of rotatable bonds is 13. The molecule has 1 aliphatic heterocycles. The largest absolute Gasteiger partial charge is 0.416 e. The molecule has 1 saturated heterocycles. The number of aromatic amines is 1. The van der Waals surface area contributed by atoms with Crippen LogP contribution in [0.1, 0.15) is 81.9 Å². The molecule has 2 aromatic carbocycles. The summed E-state index contributed by atoms with van der Waals surface area (Å²) in [7, 11) is 3.20. The van der Waals surface area contributed by atoms with Gasteiger partial charge in [-0.15, -0.1) is 0 Å². The fourth-order valence-electron chi connectivity index (χ4n) is 7.86. The summed E-state index contributed by atoms with van der Waals surface area (Å²) in [6.45, 7) is 3.25. The number of likely N-dealkylation sites (N-methyl/N-ethyl adjacent to an activating group) is 1. The highest BCUT2D eigenvalue weighted by atomic mass is 19.4. The Kier molecular flexibility index (Phi) is 13.3. The second kappa shape index (κ2) is 17.6. The molecule has 16 heteroatoms. The molecular formula is C40H52F4N6O6. The van der Waals surface area contributed by atoms with Gasteiger partial charge in [0.25, 0.3) is 0 Å². The van der Waals surface area contributed by atoms with E-state index < -0.39 is 71.0 Å². The van der Waals surface area contributed by atoms with Gasteiger partial charge >= 0.3 is 11.9 Å². The van der Waals surface area contributed by atoms with Crippen molar-refractivity contribution in [2.45, 2.75) is 108 Å². The number of H-pyrrole nitrogens is 1. The van der Waals surface area contributed by atoms with E-state index in [4.69, 9.17) is 0 Å². The number of aromatic nitrogens is 2. The number of piperidine rings is 1. The van der Waals surface area contributed by atoms with Crippen LogP contribution < -0.4 is 16.3 Å². The maximum Gasteiger partial charge on any atom is 0.416 e. The van der Waals surface area contributed by atoms with Gasteiger partial charge in [-0.3, -0.25) is 23.7 Å². The third-order valence-corrected chi connectivity index (χ3v) is 10.8. The molecule has 5 rings (SSSR count). The highest BCUT2D eigenvalue weighted by Crippen LogP contribution is 2.31. The summed E-state index contributed by atoms with van der Waals surface area (Å²) < 4.78 is 55.5. The molecule has 2 heterocycles. The fourth-order valence-corrected chi connectivity index (χ4v) is 7.86. The molecule has 0 radical (unpaired) electrons. The summed E-state index contributed by atoms with van der Waals surface area (Å²) in [5.41, 5.74) is -0.832. The number of alkyl halides is 3. The Labute approximate surface area is 323 Å². The van der Waals surface area contributed by atoms with E-state index in [9.17, 15) is 46.6 Å². The zero-order chi connectivity index (χ0) is 40.9. The van der Waals surface area contributed by atoms with Gasteiger partial charge in [0.15, 0.2) is 0 Å². The number of imidazole rings is 1. The maximum atomic E-state index is 14.7. The highest BCUT2D eigenvalue weighted by Gasteiger charge is 2.39. The summed E-state index contributed by atoms with van der Waals surface area (Å²) in [4.78, 5) is 72.7. The van der Waals surface area contributed by atoms with Gasteiger partial charge in [0, 0.05) is 52.6 Å². The molecule has 1 saturated carbocycles. The quantitative estimate of drug-likeness (QED) is 0.189. The van der Waals surface area contributed by atoms with E-state index in [1.54, 1.807) is 46.1 Å². The van der Waals surface area contributed by atoms with E-state index in [0.717, 1.165) is 43.7 Å². The number of amides is 4. The highest BCUT2D eigenvalue weighted by molar-refractivity contribution is 5.90. The lowest BCUT2D eigenvalue weighted by Crippen LogP contribution is -2.59. The molecule has 0 spiro atoms. The zero-order valence-corrected chi connectivity index (χ0v) is 32.3. The third kappa shape index (κ3) is 11.0. The number of likely N-dealkylation sites (tertiary alicyclic amines) is 1. The minimum absolute atomic E-state index is 0.0171. The van der Waals surface area contributed by atoms with Crippen molar-refractivity contribution in [2.24, 2.45) is 11.8 Å². The molecule has 3 aromatic rings. The number of carbonyl (C=O) groups excluding carboxylic acids is 4. The van der Waals surface area contributed by atoms with Crippen LogP contribution >= 0.6 is 0 Å². The average Bonchev–Trinajstić information content (AvgIpc) is 3.43. The number of hydrogen-bond acceptors (Lipinski definition) is 6. The van der Waals surface area contributed by atoms with Crippen LogP contribution in [0, 0.1) is 17.7 Å². The number of benzene rings is 2. The molecule has 2 fully saturated rings. The number of aliphatic hydroxyl groups is 1. The number of hydrogen-bond donors (Lipinski definition) is 4. The Morgan fingerprint density at radius 3 is 2.38 bits per heavy atom. The van der Waals surface area contributed by atoms with Crippen molar-refractivity contribution in [3.05, 3.63) is 69.4 Å². The van der Waals surface area contributed by atoms with Crippen molar-refractivity contribution in [1.29, 1.82) is 0 Å². The molecule has 4 amide bonds. The van der Waals surface area contributed by atoms with Crippen molar-refractivity contribution >= 4 is 34.7 Å². The van der Waals surface area contributed by atoms with Crippen molar-refractivity contribution in [3.8, 4) is 0 Å². The lowest BCUT2D eigenvalue weighted by molar-refractivity contribution is -0.140. The van der Waals surface area contributed by atoms with Crippen molar-refractivity contribution in [1.82, 2.24) is 30.0 Å². The predicted molar refractivity (Wildman–Crippen MR) is 201 cm³/mol. The van der Waals surface area contributed by atoms with Gasteiger partial charge in [0.05, 0.1) is 34.5 Å². The summed E-state index contributed by atoms with van der Waals surface area (Å²) in [6, 6.07) is 5.67. The molecule has 0 bridgehead atoms. The SMILES string of the molecule is CN(C)C(=O)[C@@H](CC1CCCCC1)NC(=O)[C@@H]1CN(C(=O)Cc2ccc(C(F)(F)F)cc2F)CC[C@@H]1NC(=O)CCn1c(=O)[nH]c2cc(CC(C)(C)O)ccc21. The Morgan fingerprint density at radius 2 is 1.73 bits per heavy atom. The molecule has 2 aliphatic rings. The van der Waals surface area contributed by atoms with E-state index in [1.807, 2.05) is 0 Å². The van der Waals surface area contributed by atoms with Crippen LogP contribution in [-0.2, 0) is 44.7 Å². The monoisotopic (exact) mass is 788 g/mol. The molecule has 1 aromatic heterocycles. The van der Waals surface area contributed by atoms with Gasteiger partial charge in [-0.05, 0) is 68.0 Å². The van der Waals surface area contributed by atoms with Gasteiger partial charge in [-0.2, -0.15) is 13.2 Å². The summed E-state index contributed by atoms with van der Waals surface area (Å²) in [5.74, 6) is -3.88. The van der Waals surface area contributed by atoms with Crippen LogP contribution in [-0.4, -0.2) is 93.0 Å². The molecular weight excluding hydrogens is 736 g/mol. The Morgan fingerprint density at radius 1 is 1.02 bits per heavy atom. The van der Waals surface area contributed by atoms with Crippen molar-refractivity contribution in [3.63, 3.8) is 0 Å². The molecule has 4 N–H and O–H groups in total. The van der Waals surface area contributed by atoms with Gasteiger partial charge in [0.2, 0.25) is 23.6 Å². The molecule has 12 nitrogen and oxygen atoms in total. The predicted octanol–water partition coefficient (Wildman–Crippen LogP) is 4.31. The second-order valence-corrected chi connectivity index (χ2v) is 16.1. The van der Waals surface area contributed by atoms with Crippen LogP contribution in [0.2, 0.25) is 0 Å². The molecule has 3 atom stereocenters. The van der Waals surface area contributed by atoms with Crippen LogP contribution in [0.4, 0.5) is 17.6 Å². The minimum Gasteiger partial charge on any atom is -0.390 e. The summed E-state index contributed by atoms with van der Waals surface area (Å²) in [6.07, 6.45) is 0.529. The number of nitrogens with one attached hydrogen (secondary N) is 3. The van der Waals surface area contributed by atoms with E-state index in [1.165, 1.54) is 14.4 Å². The van der Waals surface area contributed by atoms with E-state index in [-0.39, 0.29) is 49.9 Å². The number of fused-ring (bicyclic) bond motifs is 1. The molecule has 1 aliphatic carbocycles. The smallest absolute Gasteiger partial charge is 0.390 e. The zero-order valence-electron chi connectivity index (χ0n) is 32.3. The van der Waals surface area contributed by atoms with Gasteiger partial charge in [-0.25, -0.2) is 9.18 Å². The van der Waals surface area contributed by atoms with E-state index >= 15 is 0 Å². The number of aryl methyl sites for hydroxylation is 1. The fraction of sp³-hybridized carbons (Fsp3) is 0.575. The molecule has 0 unspecified atom stereocenters. The number of carbonyl (C=O) groups is 4. The van der Waals surface area contributed by atoms with Gasteiger partial charge in [0.1, 0.15) is 11.9 Å². The first-order valence-electron chi connectivity index (χ1n) is 19.2. The average molecular weight is 789 g/mol. The van der Waals surface area contributed by atoms with Crippen LogP contribution in [0.5, 0.6) is 0 Å². The Balaban J connectivity index is 1.32.